The Morgan fingerprint density at radius 3 is 2.61 bits per heavy atom. The summed E-state index contributed by atoms with van der Waals surface area (Å²) in [6.07, 6.45) is 1.77. The number of furan rings is 1. The zero-order valence-corrected chi connectivity index (χ0v) is 13.6. The molecule has 0 aliphatic carbocycles. The number of fused-ring (bicyclic) bond motifs is 1. The van der Waals surface area contributed by atoms with Crippen molar-refractivity contribution in [2.24, 2.45) is 0 Å². The van der Waals surface area contributed by atoms with E-state index in [9.17, 15) is 0 Å². The predicted octanol–water partition coefficient (Wildman–Crippen LogP) is 4.83. The molecular formula is C21H21NO. The predicted molar refractivity (Wildman–Crippen MR) is 93.5 cm³/mol. The second-order valence-corrected chi connectivity index (χ2v) is 6.51. The van der Waals surface area contributed by atoms with Crippen LogP contribution in [0.15, 0.2) is 65.3 Å². The molecule has 1 unspecified atom stereocenters. The van der Waals surface area contributed by atoms with Gasteiger partial charge in [0.1, 0.15) is 5.76 Å². The van der Waals surface area contributed by atoms with Crippen LogP contribution in [-0.2, 0) is 6.54 Å². The van der Waals surface area contributed by atoms with Gasteiger partial charge in [0.25, 0.3) is 0 Å². The lowest BCUT2D eigenvalue weighted by atomic mass is 9.84. The van der Waals surface area contributed by atoms with Crippen molar-refractivity contribution in [2.45, 2.75) is 19.4 Å². The number of nitrogens with zero attached hydrogens (tertiary/aromatic N) is 1. The van der Waals surface area contributed by atoms with Gasteiger partial charge in [0, 0.05) is 24.6 Å². The number of aryl methyl sites for hydroxylation is 1. The first-order valence-electron chi connectivity index (χ1n) is 8.13. The first-order valence-corrected chi connectivity index (χ1v) is 8.13. The van der Waals surface area contributed by atoms with Crippen LogP contribution in [0.25, 0.3) is 11.3 Å². The van der Waals surface area contributed by atoms with Crippen molar-refractivity contribution in [2.75, 3.05) is 13.6 Å². The summed E-state index contributed by atoms with van der Waals surface area (Å²) in [4.78, 5) is 2.40. The van der Waals surface area contributed by atoms with Crippen molar-refractivity contribution >= 4 is 0 Å². The summed E-state index contributed by atoms with van der Waals surface area (Å²) in [5.74, 6) is 1.42. The maximum Gasteiger partial charge on any atom is 0.136 e. The molecule has 2 heterocycles. The van der Waals surface area contributed by atoms with E-state index in [1.54, 1.807) is 6.26 Å². The lowest BCUT2D eigenvalue weighted by Crippen LogP contribution is -2.30. The van der Waals surface area contributed by atoms with E-state index in [1.807, 2.05) is 6.07 Å². The van der Waals surface area contributed by atoms with Gasteiger partial charge >= 0.3 is 0 Å². The Morgan fingerprint density at radius 2 is 1.87 bits per heavy atom. The van der Waals surface area contributed by atoms with Crippen LogP contribution in [0.3, 0.4) is 0 Å². The summed E-state index contributed by atoms with van der Waals surface area (Å²) in [7, 11) is 2.20. The maximum atomic E-state index is 5.67. The standard InChI is InChI=1S/C21H21NO/c1-15-10-11-23-21(15)17-8-9-19-18(12-17)13-22(2)14-20(19)16-6-4-3-5-7-16/h3-12,20H,13-14H2,1-2H3. The molecule has 2 heteroatoms. The number of hydrogen-bond donors (Lipinski definition) is 0. The van der Waals surface area contributed by atoms with Gasteiger partial charge < -0.3 is 9.32 Å². The van der Waals surface area contributed by atoms with Crippen molar-refractivity contribution in [3.8, 4) is 11.3 Å². The van der Waals surface area contributed by atoms with Gasteiger partial charge in [-0.3, -0.25) is 0 Å². The minimum absolute atomic E-state index is 0.441. The molecule has 116 valence electrons. The van der Waals surface area contributed by atoms with E-state index in [2.05, 4.69) is 67.4 Å². The molecule has 0 N–H and O–H groups in total. The summed E-state index contributed by atoms with van der Waals surface area (Å²) in [5, 5.41) is 0. The molecule has 0 bridgehead atoms. The molecule has 0 saturated carbocycles. The van der Waals surface area contributed by atoms with Crippen LogP contribution in [0.1, 0.15) is 28.2 Å². The lowest BCUT2D eigenvalue weighted by Gasteiger charge is -2.33. The van der Waals surface area contributed by atoms with Gasteiger partial charge in [-0.25, -0.2) is 0 Å². The molecule has 3 aromatic rings. The largest absolute Gasteiger partial charge is 0.464 e. The average Bonchev–Trinajstić information content (AvgIpc) is 3.00. The molecule has 2 nitrogen and oxygen atoms in total. The van der Waals surface area contributed by atoms with Crippen molar-refractivity contribution in [3.63, 3.8) is 0 Å². The van der Waals surface area contributed by atoms with Gasteiger partial charge in [-0.2, -0.15) is 0 Å². The SMILES string of the molecule is Cc1ccoc1-c1ccc2c(c1)CN(C)CC2c1ccccc1. The third-order valence-corrected chi connectivity index (χ3v) is 4.78. The van der Waals surface area contributed by atoms with Crippen molar-refractivity contribution in [3.05, 3.63) is 83.1 Å². The lowest BCUT2D eigenvalue weighted by molar-refractivity contribution is 0.295. The number of hydrogen-bond acceptors (Lipinski definition) is 2. The monoisotopic (exact) mass is 303 g/mol. The van der Waals surface area contributed by atoms with Crippen LogP contribution in [0, 0.1) is 6.92 Å². The van der Waals surface area contributed by atoms with E-state index in [1.165, 1.54) is 27.8 Å². The number of likely N-dealkylation sites (N-methyl/N-ethyl adjacent to an activating group) is 1. The summed E-state index contributed by atoms with van der Waals surface area (Å²) >= 11 is 0. The Hall–Kier alpha value is -2.32. The highest BCUT2D eigenvalue weighted by Gasteiger charge is 2.25. The summed E-state index contributed by atoms with van der Waals surface area (Å²) in [6.45, 7) is 4.15. The fraction of sp³-hybridized carbons (Fsp3) is 0.238. The fourth-order valence-electron chi connectivity index (χ4n) is 3.63. The molecule has 1 aliphatic rings. The van der Waals surface area contributed by atoms with E-state index in [0.717, 1.165) is 18.8 Å². The van der Waals surface area contributed by atoms with Gasteiger partial charge in [0.2, 0.25) is 0 Å². The molecule has 1 aliphatic heterocycles. The Labute approximate surface area is 137 Å². The summed E-state index contributed by atoms with van der Waals surface area (Å²) < 4.78 is 5.67. The molecule has 0 saturated heterocycles. The Bertz CT molecular complexity index is 819. The molecule has 1 atom stereocenters. The van der Waals surface area contributed by atoms with Gasteiger partial charge in [-0.15, -0.1) is 0 Å². The minimum Gasteiger partial charge on any atom is -0.464 e. The van der Waals surface area contributed by atoms with Gasteiger partial charge in [0.05, 0.1) is 6.26 Å². The minimum atomic E-state index is 0.441. The normalized spacial score (nSPS) is 17.9. The molecular weight excluding hydrogens is 282 g/mol. The molecule has 1 aromatic heterocycles. The fourth-order valence-corrected chi connectivity index (χ4v) is 3.63. The summed E-state index contributed by atoms with van der Waals surface area (Å²) in [5.41, 5.74) is 6.60. The second-order valence-electron chi connectivity index (χ2n) is 6.51. The van der Waals surface area contributed by atoms with Gasteiger partial charge in [0.15, 0.2) is 0 Å². The molecule has 0 fully saturated rings. The highest BCUT2D eigenvalue weighted by atomic mass is 16.3. The van der Waals surface area contributed by atoms with Crippen LogP contribution in [0.4, 0.5) is 0 Å². The van der Waals surface area contributed by atoms with Gasteiger partial charge in [-0.1, -0.05) is 42.5 Å². The molecule has 4 rings (SSSR count). The molecule has 23 heavy (non-hydrogen) atoms. The Kier molecular flexibility index (Phi) is 3.55. The quantitative estimate of drug-likeness (QED) is 0.674. The molecule has 0 amide bonds. The summed E-state index contributed by atoms with van der Waals surface area (Å²) in [6, 6.07) is 19.6. The number of benzene rings is 2. The molecule has 2 aromatic carbocycles. The van der Waals surface area contributed by atoms with Crippen LogP contribution in [0.5, 0.6) is 0 Å². The van der Waals surface area contributed by atoms with Gasteiger partial charge in [-0.05, 0) is 48.4 Å². The Morgan fingerprint density at radius 1 is 1.04 bits per heavy atom. The van der Waals surface area contributed by atoms with Crippen LogP contribution in [-0.4, -0.2) is 18.5 Å². The van der Waals surface area contributed by atoms with E-state index in [4.69, 9.17) is 4.42 Å². The van der Waals surface area contributed by atoms with E-state index in [0.29, 0.717) is 5.92 Å². The highest BCUT2D eigenvalue weighted by Crippen LogP contribution is 2.36. The zero-order chi connectivity index (χ0) is 15.8. The number of rotatable bonds is 2. The van der Waals surface area contributed by atoms with Crippen molar-refractivity contribution < 1.29 is 4.42 Å². The smallest absolute Gasteiger partial charge is 0.136 e. The first-order chi connectivity index (χ1) is 11.2. The third-order valence-electron chi connectivity index (χ3n) is 4.78. The van der Waals surface area contributed by atoms with E-state index >= 15 is 0 Å². The highest BCUT2D eigenvalue weighted by molar-refractivity contribution is 5.63. The first kappa shape index (κ1) is 14.3. The average molecular weight is 303 g/mol. The van der Waals surface area contributed by atoms with Crippen LogP contribution < -0.4 is 0 Å². The van der Waals surface area contributed by atoms with Crippen LogP contribution >= 0.6 is 0 Å². The van der Waals surface area contributed by atoms with E-state index in [-0.39, 0.29) is 0 Å². The molecule has 0 spiro atoms. The zero-order valence-electron chi connectivity index (χ0n) is 13.6. The van der Waals surface area contributed by atoms with Crippen molar-refractivity contribution in [1.82, 2.24) is 4.90 Å². The second kappa shape index (κ2) is 5.71. The van der Waals surface area contributed by atoms with Crippen molar-refractivity contribution in [1.29, 1.82) is 0 Å². The van der Waals surface area contributed by atoms with E-state index < -0.39 is 0 Å². The maximum absolute atomic E-state index is 5.67. The third kappa shape index (κ3) is 2.60. The topological polar surface area (TPSA) is 16.4 Å². The Balaban J connectivity index is 1.79. The van der Waals surface area contributed by atoms with Crippen LogP contribution in [0.2, 0.25) is 0 Å². The molecule has 0 radical (unpaired) electrons.